The standard InChI is InChI=1S/C14H17N3S/c1-11(2)15-8-12-9-16-14(17-10-12)18-13-6-4-3-5-7-13/h3-7,9-11,15H,8H2,1-2H3. The number of nitrogens with zero attached hydrogens (tertiary/aromatic N) is 2. The van der Waals surface area contributed by atoms with E-state index in [1.165, 1.54) is 0 Å². The van der Waals surface area contributed by atoms with Gasteiger partial charge in [0.2, 0.25) is 0 Å². The number of nitrogens with one attached hydrogen (secondary N) is 1. The van der Waals surface area contributed by atoms with Gasteiger partial charge in [0.25, 0.3) is 0 Å². The van der Waals surface area contributed by atoms with Crippen LogP contribution in [-0.2, 0) is 6.54 Å². The lowest BCUT2D eigenvalue weighted by atomic mass is 10.3. The lowest BCUT2D eigenvalue weighted by molar-refractivity contribution is 0.585. The van der Waals surface area contributed by atoms with Crippen LogP contribution in [0.15, 0.2) is 52.8 Å². The topological polar surface area (TPSA) is 37.8 Å². The third kappa shape index (κ3) is 4.13. The molecule has 0 unspecified atom stereocenters. The van der Waals surface area contributed by atoms with E-state index in [0.717, 1.165) is 22.2 Å². The molecule has 0 aliphatic carbocycles. The molecule has 0 saturated heterocycles. The lowest BCUT2D eigenvalue weighted by Crippen LogP contribution is -2.21. The molecule has 1 N–H and O–H groups in total. The quantitative estimate of drug-likeness (QED) is 0.837. The summed E-state index contributed by atoms with van der Waals surface area (Å²) in [5.74, 6) is 0. The van der Waals surface area contributed by atoms with Gasteiger partial charge in [0.05, 0.1) is 0 Å². The van der Waals surface area contributed by atoms with Crippen molar-refractivity contribution in [3.8, 4) is 0 Å². The number of benzene rings is 1. The van der Waals surface area contributed by atoms with Gasteiger partial charge < -0.3 is 5.32 Å². The number of hydrogen-bond donors (Lipinski definition) is 1. The van der Waals surface area contributed by atoms with Crippen molar-refractivity contribution >= 4 is 11.8 Å². The van der Waals surface area contributed by atoms with Gasteiger partial charge >= 0.3 is 0 Å². The Balaban J connectivity index is 1.95. The van der Waals surface area contributed by atoms with Crippen molar-refractivity contribution in [3.05, 3.63) is 48.3 Å². The van der Waals surface area contributed by atoms with Crippen molar-refractivity contribution in [2.45, 2.75) is 36.5 Å². The second-order valence-corrected chi connectivity index (χ2v) is 5.37. The maximum absolute atomic E-state index is 4.36. The van der Waals surface area contributed by atoms with Crippen molar-refractivity contribution in [2.75, 3.05) is 0 Å². The largest absolute Gasteiger partial charge is 0.310 e. The Morgan fingerprint density at radius 3 is 2.39 bits per heavy atom. The van der Waals surface area contributed by atoms with Crippen LogP contribution in [0.2, 0.25) is 0 Å². The molecule has 94 valence electrons. The first kappa shape index (κ1) is 13.1. The van der Waals surface area contributed by atoms with Gasteiger partial charge in [0, 0.05) is 35.4 Å². The van der Waals surface area contributed by atoms with Gasteiger partial charge in [-0.25, -0.2) is 9.97 Å². The second-order valence-electron chi connectivity index (χ2n) is 4.32. The van der Waals surface area contributed by atoms with Gasteiger partial charge in [0.15, 0.2) is 5.16 Å². The van der Waals surface area contributed by atoms with Crippen molar-refractivity contribution in [1.29, 1.82) is 0 Å². The zero-order valence-electron chi connectivity index (χ0n) is 10.6. The number of aromatic nitrogens is 2. The van der Waals surface area contributed by atoms with Gasteiger partial charge in [-0.05, 0) is 23.9 Å². The summed E-state index contributed by atoms with van der Waals surface area (Å²) in [6, 6.07) is 10.6. The molecular weight excluding hydrogens is 242 g/mol. The first-order valence-electron chi connectivity index (χ1n) is 6.01. The summed E-state index contributed by atoms with van der Waals surface area (Å²) in [5.41, 5.74) is 1.11. The summed E-state index contributed by atoms with van der Waals surface area (Å²) in [6.07, 6.45) is 3.77. The van der Waals surface area contributed by atoms with Crippen LogP contribution < -0.4 is 5.32 Å². The molecule has 1 heterocycles. The zero-order chi connectivity index (χ0) is 12.8. The predicted octanol–water partition coefficient (Wildman–Crippen LogP) is 3.13. The molecule has 0 saturated carbocycles. The minimum Gasteiger partial charge on any atom is -0.310 e. The third-order valence-electron chi connectivity index (χ3n) is 2.35. The van der Waals surface area contributed by atoms with Crippen LogP contribution in [0.1, 0.15) is 19.4 Å². The molecule has 18 heavy (non-hydrogen) atoms. The van der Waals surface area contributed by atoms with E-state index in [9.17, 15) is 0 Å². The highest BCUT2D eigenvalue weighted by Crippen LogP contribution is 2.23. The molecule has 0 bridgehead atoms. The van der Waals surface area contributed by atoms with E-state index in [1.54, 1.807) is 11.8 Å². The Kier molecular flexibility index (Phi) is 4.73. The Bertz CT molecular complexity index is 468. The minimum atomic E-state index is 0.475. The van der Waals surface area contributed by atoms with Crippen LogP contribution in [-0.4, -0.2) is 16.0 Å². The van der Waals surface area contributed by atoms with Crippen LogP contribution in [0, 0.1) is 0 Å². The Labute approximate surface area is 112 Å². The molecule has 1 aromatic heterocycles. The molecule has 0 spiro atoms. The summed E-state index contributed by atoms with van der Waals surface area (Å²) in [5, 5.41) is 4.13. The summed E-state index contributed by atoms with van der Waals surface area (Å²) in [6.45, 7) is 5.06. The fourth-order valence-electron chi connectivity index (χ4n) is 1.40. The molecule has 0 aliphatic rings. The molecule has 4 heteroatoms. The molecule has 0 amide bonds. The van der Waals surface area contributed by atoms with Crippen molar-refractivity contribution in [2.24, 2.45) is 0 Å². The summed E-state index contributed by atoms with van der Waals surface area (Å²) < 4.78 is 0. The highest BCUT2D eigenvalue weighted by Gasteiger charge is 2.01. The first-order chi connectivity index (χ1) is 8.74. The highest BCUT2D eigenvalue weighted by molar-refractivity contribution is 7.99. The van der Waals surface area contributed by atoms with Crippen LogP contribution in [0.5, 0.6) is 0 Å². The average Bonchev–Trinajstić information content (AvgIpc) is 2.39. The van der Waals surface area contributed by atoms with Gasteiger partial charge in [-0.2, -0.15) is 0 Å². The molecule has 0 radical (unpaired) electrons. The number of rotatable bonds is 5. The molecule has 1 aromatic carbocycles. The van der Waals surface area contributed by atoms with Gasteiger partial charge in [-0.15, -0.1) is 0 Å². The second kappa shape index (κ2) is 6.52. The molecule has 2 rings (SSSR count). The van der Waals surface area contributed by atoms with Crippen LogP contribution in [0.25, 0.3) is 0 Å². The smallest absolute Gasteiger partial charge is 0.192 e. The Hall–Kier alpha value is -1.39. The fraction of sp³-hybridized carbons (Fsp3) is 0.286. The molecule has 0 aliphatic heterocycles. The molecule has 3 nitrogen and oxygen atoms in total. The normalized spacial score (nSPS) is 10.8. The number of hydrogen-bond acceptors (Lipinski definition) is 4. The maximum Gasteiger partial charge on any atom is 0.192 e. The van der Waals surface area contributed by atoms with E-state index in [0.29, 0.717) is 6.04 Å². The monoisotopic (exact) mass is 259 g/mol. The minimum absolute atomic E-state index is 0.475. The maximum atomic E-state index is 4.36. The van der Waals surface area contributed by atoms with Crippen LogP contribution >= 0.6 is 11.8 Å². The molecule has 0 fully saturated rings. The summed E-state index contributed by atoms with van der Waals surface area (Å²) in [7, 11) is 0. The van der Waals surface area contributed by atoms with E-state index >= 15 is 0 Å². The van der Waals surface area contributed by atoms with E-state index in [4.69, 9.17) is 0 Å². The highest BCUT2D eigenvalue weighted by atomic mass is 32.2. The zero-order valence-corrected chi connectivity index (χ0v) is 11.4. The third-order valence-corrected chi connectivity index (χ3v) is 3.25. The Morgan fingerprint density at radius 1 is 1.11 bits per heavy atom. The van der Waals surface area contributed by atoms with E-state index in [1.807, 2.05) is 30.6 Å². The SMILES string of the molecule is CC(C)NCc1cnc(Sc2ccccc2)nc1. The predicted molar refractivity (Wildman–Crippen MR) is 74.6 cm³/mol. The molecule has 2 aromatic rings. The molecular formula is C14H17N3S. The van der Waals surface area contributed by atoms with Crippen LogP contribution in [0.4, 0.5) is 0 Å². The van der Waals surface area contributed by atoms with E-state index < -0.39 is 0 Å². The van der Waals surface area contributed by atoms with Crippen LogP contribution in [0.3, 0.4) is 0 Å². The fourth-order valence-corrected chi connectivity index (χ4v) is 2.12. The van der Waals surface area contributed by atoms with Gasteiger partial charge in [-0.3, -0.25) is 0 Å². The van der Waals surface area contributed by atoms with Gasteiger partial charge in [-0.1, -0.05) is 32.0 Å². The van der Waals surface area contributed by atoms with Crippen molar-refractivity contribution < 1.29 is 0 Å². The van der Waals surface area contributed by atoms with Crippen molar-refractivity contribution in [1.82, 2.24) is 15.3 Å². The summed E-state index contributed by atoms with van der Waals surface area (Å²) >= 11 is 1.58. The molecule has 0 atom stereocenters. The van der Waals surface area contributed by atoms with E-state index in [-0.39, 0.29) is 0 Å². The first-order valence-corrected chi connectivity index (χ1v) is 6.83. The average molecular weight is 259 g/mol. The van der Waals surface area contributed by atoms with Crippen molar-refractivity contribution in [3.63, 3.8) is 0 Å². The van der Waals surface area contributed by atoms with E-state index in [2.05, 4.69) is 41.3 Å². The lowest BCUT2D eigenvalue weighted by Gasteiger charge is -2.07. The van der Waals surface area contributed by atoms with Gasteiger partial charge in [0.1, 0.15) is 0 Å². The summed E-state index contributed by atoms with van der Waals surface area (Å²) in [4.78, 5) is 9.89. The Morgan fingerprint density at radius 2 is 1.78 bits per heavy atom.